The van der Waals surface area contributed by atoms with Crippen LogP contribution in [-0.2, 0) is 6.61 Å². The van der Waals surface area contributed by atoms with Gasteiger partial charge in [0.2, 0.25) is 0 Å². The molecule has 0 saturated carbocycles. The number of carbonyl (C=O) groups is 1. The number of benzene rings is 2. The number of aryl methyl sites for hydroxylation is 1. The van der Waals surface area contributed by atoms with Crippen molar-refractivity contribution in [1.29, 1.82) is 0 Å². The molecule has 34 heavy (non-hydrogen) atoms. The number of fused-ring (bicyclic) bond motifs is 1. The third-order valence-corrected chi connectivity index (χ3v) is 5.72. The zero-order chi connectivity index (χ0) is 24.8. The molecule has 0 amide bonds. The van der Waals surface area contributed by atoms with Gasteiger partial charge in [0.05, 0.1) is 5.52 Å². The van der Waals surface area contributed by atoms with Crippen molar-refractivity contribution in [3.05, 3.63) is 93.0 Å². The van der Waals surface area contributed by atoms with Gasteiger partial charge in [-0.15, -0.1) is 0 Å². The molecule has 4 rings (SSSR count). The third-order valence-electron chi connectivity index (χ3n) is 5.37. The van der Waals surface area contributed by atoms with E-state index in [9.17, 15) is 23.5 Å². The first-order valence-electron chi connectivity index (χ1n) is 10.3. The van der Waals surface area contributed by atoms with Gasteiger partial charge < -0.3 is 9.84 Å². The summed E-state index contributed by atoms with van der Waals surface area (Å²) in [5.74, 6) is -1.86. The van der Waals surface area contributed by atoms with Crippen LogP contribution in [0.2, 0.25) is 5.02 Å². The lowest BCUT2D eigenvalue weighted by atomic mass is 10.1. The maximum atomic E-state index is 13.9. The summed E-state index contributed by atoms with van der Waals surface area (Å²) in [6.07, 6.45) is 1.56. The summed E-state index contributed by atoms with van der Waals surface area (Å²) in [5, 5.41) is 10.5. The number of halogens is 3. The van der Waals surface area contributed by atoms with E-state index in [1.165, 1.54) is 29.0 Å². The minimum atomic E-state index is -1.54. The number of ether oxygens (including phenoxy) is 1. The Morgan fingerprint density at radius 2 is 1.85 bits per heavy atom. The second kappa shape index (κ2) is 8.70. The molecule has 0 saturated heterocycles. The number of rotatable bonds is 5. The van der Waals surface area contributed by atoms with Gasteiger partial charge in [0.1, 0.15) is 34.6 Å². The minimum absolute atomic E-state index is 0.0761. The molecule has 0 radical (unpaired) electrons. The summed E-state index contributed by atoms with van der Waals surface area (Å²) in [6.45, 7) is 4.28. The van der Waals surface area contributed by atoms with Crippen molar-refractivity contribution in [2.24, 2.45) is 0 Å². The molecule has 0 aliphatic carbocycles. The van der Waals surface area contributed by atoms with Crippen LogP contribution in [0.3, 0.4) is 0 Å². The van der Waals surface area contributed by atoms with Gasteiger partial charge in [0.25, 0.3) is 11.5 Å². The minimum Gasteiger partial charge on any atom is -0.487 e. The van der Waals surface area contributed by atoms with Crippen molar-refractivity contribution in [3.8, 4) is 11.4 Å². The highest BCUT2D eigenvalue weighted by atomic mass is 35.5. The zero-order valence-electron chi connectivity index (χ0n) is 18.6. The molecule has 1 N–H and O–H groups in total. The van der Waals surface area contributed by atoms with E-state index >= 15 is 0 Å². The Morgan fingerprint density at radius 3 is 2.53 bits per heavy atom. The standard InChI is InChI=1S/C25H21ClF2N2O4/c1-14-10-21(34-13-16-4-5-17(27)12-19(16)28)22(26)23(31)30(14)18-6-7-20-15(11-18)8-9-29(20)24(32)25(2,3)33/h4-12,33H,13H2,1-3H3. The normalized spacial score (nSPS) is 11.7. The average Bonchev–Trinajstić information content (AvgIpc) is 3.18. The van der Waals surface area contributed by atoms with Crippen molar-refractivity contribution < 1.29 is 23.4 Å². The molecule has 0 fully saturated rings. The molecule has 176 valence electrons. The van der Waals surface area contributed by atoms with Crippen LogP contribution in [0.15, 0.2) is 59.5 Å². The second-order valence-electron chi connectivity index (χ2n) is 8.42. The van der Waals surface area contributed by atoms with Crippen LogP contribution >= 0.6 is 11.6 Å². The molecule has 6 nitrogen and oxygen atoms in total. The molecular formula is C25H21ClF2N2O4. The Hall–Kier alpha value is -3.49. The van der Waals surface area contributed by atoms with Crippen LogP contribution in [0.25, 0.3) is 16.6 Å². The molecule has 0 aliphatic heterocycles. The Morgan fingerprint density at radius 1 is 1.12 bits per heavy atom. The fourth-order valence-corrected chi connectivity index (χ4v) is 3.84. The first-order valence-corrected chi connectivity index (χ1v) is 10.7. The highest BCUT2D eigenvalue weighted by Gasteiger charge is 2.26. The number of carbonyl (C=O) groups excluding carboxylic acids is 1. The van der Waals surface area contributed by atoms with Gasteiger partial charge >= 0.3 is 0 Å². The molecular weight excluding hydrogens is 466 g/mol. The maximum Gasteiger partial charge on any atom is 0.277 e. The van der Waals surface area contributed by atoms with E-state index < -0.39 is 28.7 Å². The largest absolute Gasteiger partial charge is 0.487 e. The Kier molecular flexibility index (Phi) is 6.05. The summed E-state index contributed by atoms with van der Waals surface area (Å²) in [4.78, 5) is 25.5. The van der Waals surface area contributed by atoms with Crippen LogP contribution in [0.5, 0.6) is 5.75 Å². The summed E-state index contributed by atoms with van der Waals surface area (Å²) >= 11 is 6.28. The highest BCUT2D eigenvalue weighted by molar-refractivity contribution is 6.31. The van der Waals surface area contributed by atoms with Crippen molar-refractivity contribution >= 4 is 28.4 Å². The topological polar surface area (TPSA) is 73.5 Å². The number of hydrogen-bond donors (Lipinski definition) is 1. The van der Waals surface area contributed by atoms with Crippen LogP contribution in [0.1, 0.15) is 29.9 Å². The van der Waals surface area contributed by atoms with Gasteiger partial charge in [-0.1, -0.05) is 11.6 Å². The van der Waals surface area contributed by atoms with Gasteiger partial charge in [-0.05, 0) is 57.2 Å². The lowest BCUT2D eigenvalue weighted by molar-refractivity contribution is 0.0398. The zero-order valence-corrected chi connectivity index (χ0v) is 19.4. The maximum absolute atomic E-state index is 13.9. The molecule has 2 aromatic heterocycles. The lowest BCUT2D eigenvalue weighted by Crippen LogP contribution is -2.35. The number of nitrogens with zero attached hydrogens (tertiary/aromatic N) is 2. The van der Waals surface area contributed by atoms with Gasteiger partial charge in [-0.2, -0.15) is 0 Å². The van der Waals surface area contributed by atoms with Gasteiger partial charge in [-0.25, -0.2) is 8.78 Å². The van der Waals surface area contributed by atoms with Gasteiger partial charge in [-0.3, -0.25) is 18.7 Å². The number of aliphatic hydroxyl groups is 1. The lowest BCUT2D eigenvalue weighted by Gasteiger charge is -2.17. The van der Waals surface area contributed by atoms with Crippen molar-refractivity contribution in [2.45, 2.75) is 33.0 Å². The van der Waals surface area contributed by atoms with E-state index in [2.05, 4.69) is 0 Å². The molecule has 0 spiro atoms. The first-order chi connectivity index (χ1) is 16.0. The predicted octanol–water partition coefficient (Wildman–Crippen LogP) is 5.02. The van der Waals surface area contributed by atoms with Crippen LogP contribution in [0.4, 0.5) is 8.78 Å². The molecule has 0 unspecified atom stereocenters. The van der Waals surface area contributed by atoms with Gasteiger partial charge in [0, 0.05) is 40.7 Å². The molecule has 2 heterocycles. The smallest absolute Gasteiger partial charge is 0.277 e. The van der Waals surface area contributed by atoms with E-state index in [-0.39, 0.29) is 22.9 Å². The Balaban J connectivity index is 1.68. The highest BCUT2D eigenvalue weighted by Crippen LogP contribution is 2.27. The van der Waals surface area contributed by atoms with Gasteiger partial charge in [0.15, 0.2) is 0 Å². The molecule has 2 aromatic carbocycles. The van der Waals surface area contributed by atoms with Crippen molar-refractivity contribution in [2.75, 3.05) is 0 Å². The summed E-state index contributed by atoms with van der Waals surface area (Å²) in [6, 6.07) is 11.5. The summed E-state index contributed by atoms with van der Waals surface area (Å²) in [7, 11) is 0. The average molecular weight is 487 g/mol. The SMILES string of the molecule is Cc1cc(OCc2ccc(F)cc2F)c(Cl)c(=O)n1-c1ccc2c(ccn2C(=O)C(C)(C)O)c1. The first kappa shape index (κ1) is 23.7. The monoisotopic (exact) mass is 486 g/mol. The predicted molar refractivity (Wildman–Crippen MR) is 125 cm³/mol. The van der Waals surface area contributed by atoms with E-state index in [1.54, 1.807) is 43.5 Å². The molecule has 0 aliphatic rings. The Labute approximate surface area is 198 Å². The number of pyridine rings is 1. The fourth-order valence-electron chi connectivity index (χ4n) is 3.64. The van der Waals surface area contributed by atoms with Crippen molar-refractivity contribution in [1.82, 2.24) is 9.13 Å². The van der Waals surface area contributed by atoms with E-state index in [1.807, 2.05) is 0 Å². The number of aromatic nitrogens is 2. The summed E-state index contributed by atoms with van der Waals surface area (Å²) in [5.41, 5.74) is -0.360. The molecule has 0 atom stereocenters. The van der Waals surface area contributed by atoms with Crippen molar-refractivity contribution in [3.63, 3.8) is 0 Å². The van der Waals surface area contributed by atoms with Crippen LogP contribution < -0.4 is 10.3 Å². The van der Waals surface area contributed by atoms with E-state index in [0.29, 0.717) is 22.3 Å². The van der Waals surface area contributed by atoms with Crippen LogP contribution in [0, 0.1) is 18.6 Å². The van der Waals surface area contributed by atoms with E-state index in [4.69, 9.17) is 16.3 Å². The van der Waals surface area contributed by atoms with E-state index in [0.717, 1.165) is 12.1 Å². The van der Waals surface area contributed by atoms with Crippen LogP contribution in [-0.4, -0.2) is 25.7 Å². The quantitative estimate of drug-likeness (QED) is 0.430. The molecule has 0 bridgehead atoms. The molecule has 9 heteroatoms. The third kappa shape index (κ3) is 4.34. The fraction of sp³-hybridized carbons (Fsp3) is 0.200. The summed E-state index contributed by atoms with van der Waals surface area (Å²) < 4.78 is 35.3. The second-order valence-corrected chi connectivity index (χ2v) is 8.80. The molecule has 4 aromatic rings. The Bertz CT molecular complexity index is 1490. The number of hydrogen-bond acceptors (Lipinski definition) is 4.